The lowest BCUT2D eigenvalue weighted by molar-refractivity contribution is -0.150. The van der Waals surface area contributed by atoms with Crippen molar-refractivity contribution in [3.63, 3.8) is 0 Å². The second kappa shape index (κ2) is 3.94. The van der Waals surface area contributed by atoms with Gasteiger partial charge >= 0.3 is 5.97 Å². The predicted molar refractivity (Wildman–Crippen MR) is 71.3 cm³/mol. The summed E-state index contributed by atoms with van der Waals surface area (Å²) in [5.41, 5.74) is 0.797. The van der Waals surface area contributed by atoms with Crippen molar-refractivity contribution in [2.24, 2.45) is 29.1 Å². The molecule has 1 saturated heterocycles. The first-order chi connectivity index (χ1) is 8.87. The molecule has 2 aliphatic carbocycles. The van der Waals surface area contributed by atoms with Gasteiger partial charge in [0.1, 0.15) is 6.10 Å². The van der Waals surface area contributed by atoms with Crippen LogP contribution >= 0.6 is 0 Å². The highest BCUT2D eigenvalue weighted by atomic mass is 16.6. The SMILES string of the molecule is CC1=CC(=O)C2C(C)CC[C@H]3[C@H](C)C(=O)O[C@@H]3[C@]12C. The van der Waals surface area contributed by atoms with Gasteiger partial charge in [-0.3, -0.25) is 9.59 Å². The Balaban J connectivity index is 2.10. The summed E-state index contributed by atoms with van der Waals surface area (Å²) in [7, 11) is 0. The van der Waals surface area contributed by atoms with Crippen LogP contribution < -0.4 is 0 Å². The molecule has 104 valence electrons. The van der Waals surface area contributed by atoms with Gasteiger partial charge in [-0.25, -0.2) is 0 Å². The maximum absolute atomic E-state index is 12.3. The topological polar surface area (TPSA) is 43.4 Å². The van der Waals surface area contributed by atoms with Crippen LogP contribution in [-0.2, 0) is 14.3 Å². The largest absolute Gasteiger partial charge is 0.461 e. The number of hydrogen-bond acceptors (Lipinski definition) is 3. The summed E-state index contributed by atoms with van der Waals surface area (Å²) in [4.78, 5) is 24.2. The van der Waals surface area contributed by atoms with Crippen LogP contribution in [-0.4, -0.2) is 17.9 Å². The number of allylic oxidation sites excluding steroid dienone is 1. The molecule has 0 spiro atoms. The molecule has 2 unspecified atom stereocenters. The molecule has 3 rings (SSSR count). The summed E-state index contributed by atoms with van der Waals surface area (Å²) in [6.07, 6.45) is 3.66. The molecule has 3 heteroatoms. The van der Waals surface area contributed by atoms with Crippen LogP contribution in [0, 0.1) is 29.1 Å². The van der Waals surface area contributed by atoms with E-state index in [1.54, 1.807) is 6.08 Å². The van der Waals surface area contributed by atoms with E-state index in [1.165, 1.54) is 0 Å². The van der Waals surface area contributed by atoms with E-state index in [0.29, 0.717) is 5.92 Å². The predicted octanol–water partition coefficient (Wildman–Crippen LogP) is 2.75. The van der Waals surface area contributed by atoms with Crippen molar-refractivity contribution < 1.29 is 14.3 Å². The van der Waals surface area contributed by atoms with E-state index in [-0.39, 0.29) is 41.0 Å². The van der Waals surface area contributed by atoms with E-state index < -0.39 is 0 Å². The Labute approximate surface area is 114 Å². The van der Waals surface area contributed by atoms with Gasteiger partial charge in [0.2, 0.25) is 0 Å². The number of fused-ring (bicyclic) bond motifs is 3. The second-order valence-corrected chi connectivity index (χ2v) is 6.85. The molecule has 1 aliphatic heterocycles. The highest BCUT2D eigenvalue weighted by molar-refractivity contribution is 5.97. The highest BCUT2D eigenvalue weighted by Gasteiger charge is 2.60. The Morgan fingerprint density at radius 3 is 2.63 bits per heavy atom. The first-order valence-electron chi connectivity index (χ1n) is 7.30. The van der Waals surface area contributed by atoms with Crippen molar-refractivity contribution in [1.82, 2.24) is 0 Å². The molecule has 19 heavy (non-hydrogen) atoms. The minimum Gasteiger partial charge on any atom is -0.461 e. The van der Waals surface area contributed by atoms with Gasteiger partial charge in [0.15, 0.2) is 5.78 Å². The number of hydrogen-bond donors (Lipinski definition) is 0. The van der Waals surface area contributed by atoms with Crippen LogP contribution in [0.5, 0.6) is 0 Å². The smallest absolute Gasteiger partial charge is 0.309 e. The second-order valence-electron chi connectivity index (χ2n) is 6.85. The minimum atomic E-state index is -0.294. The van der Waals surface area contributed by atoms with Crippen molar-refractivity contribution in [3.05, 3.63) is 11.6 Å². The quantitative estimate of drug-likeness (QED) is 0.630. The molecule has 0 aromatic heterocycles. The fourth-order valence-electron chi connectivity index (χ4n) is 4.62. The average molecular weight is 262 g/mol. The Hall–Kier alpha value is -1.12. The lowest BCUT2D eigenvalue weighted by Crippen LogP contribution is -2.43. The maximum Gasteiger partial charge on any atom is 0.309 e. The van der Waals surface area contributed by atoms with E-state index in [2.05, 4.69) is 13.8 Å². The van der Waals surface area contributed by atoms with Crippen LogP contribution in [0.25, 0.3) is 0 Å². The Bertz CT molecular complexity index is 478. The first-order valence-corrected chi connectivity index (χ1v) is 7.30. The lowest BCUT2D eigenvalue weighted by atomic mass is 9.65. The van der Waals surface area contributed by atoms with Gasteiger partial charge in [0.25, 0.3) is 0 Å². The molecule has 3 aliphatic rings. The average Bonchev–Trinajstić information content (AvgIpc) is 2.70. The summed E-state index contributed by atoms with van der Waals surface area (Å²) >= 11 is 0. The standard InChI is InChI=1S/C16H22O3/c1-8-5-6-11-10(3)15(18)19-14(11)16(4)9(2)7-12(17)13(8)16/h7-8,10-11,13-14H,5-6H2,1-4H3/t8?,10-,11-,13?,14-,16+/m0/s1. The van der Waals surface area contributed by atoms with Crippen LogP contribution in [0.1, 0.15) is 40.5 Å². The minimum absolute atomic E-state index is 0.0133. The summed E-state index contributed by atoms with van der Waals surface area (Å²) in [5.74, 6) is 0.721. The third kappa shape index (κ3) is 1.50. The highest BCUT2D eigenvalue weighted by Crippen LogP contribution is 2.57. The molecule has 0 aromatic carbocycles. The molecule has 0 radical (unpaired) electrons. The molecule has 2 fully saturated rings. The number of esters is 1. The summed E-state index contributed by atoms with van der Waals surface area (Å²) in [6.45, 7) is 8.28. The maximum atomic E-state index is 12.3. The zero-order chi connectivity index (χ0) is 13.9. The van der Waals surface area contributed by atoms with Gasteiger partial charge in [-0.1, -0.05) is 26.3 Å². The molecule has 6 atom stereocenters. The summed E-state index contributed by atoms with van der Waals surface area (Å²) in [6, 6.07) is 0. The van der Waals surface area contributed by atoms with E-state index in [0.717, 1.165) is 18.4 Å². The van der Waals surface area contributed by atoms with Gasteiger partial charge in [-0.05, 0) is 31.8 Å². The van der Waals surface area contributed by atoms with Gasteiger partial charge < -0.3 is 4.74 Å². The van der Waals surface area contributed by atoms with Crippen LogP contribution in [0.3, 0.4) is 0 Å². The molecule has 1 saturated carbocycles. The first kappa shape index (κ1) is 12.9. The number of carbonyl (C=O) groups excluding carboxylic acids is 2. The van der Waals surface area contributed by atoms with Crippen molar-refractivity contribution >= 4 is 11.8 Å². The number of ketones is 1. The monoisotopic (exact) mass is 262 g/mol. The third-order valence-corrected chi connectivity index (χ3v) is 5.92. The molecule has 0 bridgehead atoms. The van der Waals surface area contributed by atoms with Crippen LogP contribution in [0.4, 0.5) is 0 Å². The molecule has 0 aromatic rings. The van der Waals surface area contributed by atoms with Gasteiger partial charge in [-0.15, -0.1) is 0 Å². The molecule has 0 N–H and O–H groups in total. The van der Waals surface area contributed by atoms with E-state index >= 15 is 0 Å². The van der Waals surface area contributed by atoms with E-state index in [9.17, 15) is 9.59 Å². The van der Waals surface area contributed by atoms with Gasteiger partial charge in [0.05, 0.1) is 5.92 Å². The van der Waals surface area contributed by atoms with Crippen LogP contribution in [0.2, 0.25) is 0 Å². The van der Waals surface area contributed by atoms with Crippen LogP contribution in [0.15, 0.2) is 11.6 Å². The zero-order valence-electron chi connectivity index (χ0n) is 12.1. The van der Waals surface area contributed by atoms with Gasteiger partial charge in [0, 0.05) is 17.3 Å². The molecule has 0 amide bonds. The normalized spacial score (nSPS) is 49.3. The molecule has 1 heterocycles. The van der Waals surface area contributed by atoms with Crippen molar-refractivity contribution in [2.75, 3.05) is 0 Å². The Morgan fingerprint density at radius 2 is 1.95 bits per heavy atom. The number of carbonyl (C=O) groups is 2. The Kier molecular flexibility index (Phi) is 2.67. The number of rotatable bonds is 0. The molecular formula is C16H22O3. The molecular weight excluding hydrogens is 240 g/mol. The zero-order valence-corrected chi connectivity index (χ0v) is 12.1. The van der Waals surface area contributed by atoms with Crippen molar-refractivity contribution in [3.8, 4) is 0 Å². The fraction of sp³-hybridized carbons (Fsp3) is 0.750. The summed E-state index contributed by atoms with van der Waals surface area (Å²) in [5, 5.41) is 0. The third-order valence-electron chi connectivity index (χ3n) is 5.92. The van der Waals surface area contributed by atoms with Gasteiger partial charge in [-0.2, -0.15) is 0 Å². The van der Waals surface area contributed by atoms with E-state index in [4.69, 9.17) is 4.74 Å². The number of ether oxygens (including phenoxy) is 1. The summed E-state index contributed by atoms with van der Waals surface area (Å²) < 4.78 is 5.71. The fourth-order valence-corrected chi connectivity index (χ4v) is 4.62. The van der Waals surface area contributed by atoms with E-state index in [1.807, 2.05) is 13.8 Å². The molecule has 3 nitrogen and oxygen atoms in total. The lowest BCUT2D eigenvalue weighted by Gasteiger charge is -2.39. The van der Waals surface area contributed by atoms with Crippen molar-refractivity contribution in [2.45, 2.75) is 46.6 Å². The van der Waals surface area contributed by atoms with Crippen molar-refractivity contribution in [1.29, 1.82) is 0 Å². The Morgan fingerprint density at radius 1 is 1.26 bits per heavy atom.